The van der Waals surface area contributed by atoms with Gasteiger partial charge in [0.1, 0.15) is 11.5 Å². The maximum absolute atomic E-state index is 12.2. The Morgan fingerprint density at radius 2 is 2.12 bits per heavy atom. The van der Waals surface area contributed by atoms with Crippen molar-refractivity contribution in [1.29, 1.82) is 0 Å². The number of rotatable bonds is 5. The Hall–Kier alpha value is -2.73. The third-order valence-electron chi connectivity index (χ3n) is 4.84. The van der Waals surface area contributed by atoms with Crippen molar-refractivity contribution in [3.8, 4) is 0 Å². The zero-order valence-corrected chi connectivity index (χ0v) is 14.9. The summed E-state index contributed by atoms with van der Waals surface area (Å²) in [4.78, 5) is 23.7. The molecule has 0 spiro atoms. The lowest BCUT2D eigenvalue weighted by Gasteiger charge is -2.16. The van der Waals surface area contributed by atoms with Crippen molar-refractivity contribution in [2.75, 3.05) is 25.0 Å². The van der Waals surface area contributed by atoms with Gasteiger partial charge in [-0.15, -0.1) is 0 Å². The van der Waals surface area contributed by atoms with E-state index in [1.807, 2.05) is 43.3 Å². The van der Waals surface area contributed by atoms with Crippen LogP contribution in [0.4, 0.5) is 5.82 Å². The fourth-order valence-corrected chi connectivity index (χ4v) is 3.53. The fourth-order valence-electron chi connectivity index (χ4n) is 3.53. The van der Waals surface area contributed by atoms with Gasteiger partial charge in [-0.1, -0.05) is 12.1 Å². The van der Waals surface area contributed by atoms with Gasteiger partial charge < -0.3 is 5.32 Å². The molecule has 6 heteroatoms. The summed E-state index contributed by atoms with van der Waals surface area (Å²) in [5.41, 5.74) is 2.55. The molecule has 0 saturated carbocycles. The minimum absolute atomic E-state index is 0.0199. The summed E-state index contributed by atoms with van der Waals surface area (Å²) in [5, 5.41) is 3.44. The Morgan fingerprint density at radius 1 is 1.19 bits per heavy atom. The standard InChI is InChI=1S/C20H23N5O/c1-15-5-4-6-18(22-15)21-12-16-8-10-24(13-16)14-17-11-20(26)25-9-3-2-7-19(25)23-17/h2-7,9,11,16H,8,10,12-14H2,1H3,(H,21,22)/t16-/m1/s1. The van der Waals surface area contributed by atoms with Gasteiger partial charge in [0.05, 0.1) is 5.69 Å². The highest BCUT2D eigenvalue weighted by atomic mass is 16.1. The molecule has 3 aromatic heterocycles. The maximum atomic E-state index is 12.2. The molecule has 134 valence electrons. The number of pyridine rings is 2. The van der Waals surface area contributed by atoms with Gasteiger partial charge in [0.2, 0.25) is 0 Å². The normalized spacial score (nSPS) is 17.7. The Bertz CT molecular complexity index is 968. The number of aromatic nitrogens is 3. The van der Waals surface area contributed by atoms with E-state index in [0.717, 1.165) is 49.8 Å². The molecule has 1 aliphatic heterocycles. The molecule has 1 fully saturated rings. The van der Waals surface area contributed by atoms with E-state index in [4.69, 9.17) is 0 Å². The second-order valence-corrected chi connectivity index (χ2v) is 6.95. The largest absolute Gasteiger partial charge is 0.370 e. The van der Waals surface area contributed by atoms with Crippen LogP contribution >= 0.6 is 0 Å². The number of fused-ring (bicyclic) bond motifs is 1. The summed E-state index contributed by atoms with van der Waals surface area (Å²) >= 11 is 0. The molecule has 1 saturated heterocycles. The topological polar surface area (TPSA) is 62.5 Å². The van der Waals surface area contributed by atoms with Gasteiger partial charge in [-0.25, -0.2) is 9.97 Å². The highest BCUT2D eigenvalue weighted by Crippen LogP contribution is 2.18. The SMILES string of the molecule is Cc1cccc(NC[C@H]2CCN(Cc3cc(=O)n4ccccc4n3)C2)n1. The molecule has 3 aromatic rings. The number of aryl methyl sites for hydroxylation is 1. The average Bonchev–Trinajstić information content (AvgIpc) is 3.07. The van der Waals surface area contributed by atoms with E-state index in [-0.39, 0.29) is 5.56 Å². The van der Waals surface area contributed by atoms with Crippen LogP contribution in [-0.2, 0) is 6.54 Å². The first kappa shape index (κ1) is 16.7. The van der Waals surface area contributed by atoms with Gasteiger partial charge in [0.25, 0.3) is 5.56 Å². The molecule has 0 amide bonds. The minimum Gasteiger partial charge on any atom is -0.370 e. The molecule has 0 aromatic carbocycles. The number of anilines is 1. The van der Waals surface area contributed by atoms with Crippen molar-refractivity contribution >= 4 is 11.5 Å². The van der Waals surface area contributed by atoms with Crippen LogP contribution in [-0.4, -0.2) is 38.9 Å². The lowest BCUT2D eigenvalue weighted by molar-refractivity contribution is 0.315. The molecule has 0 bridgehead atoms. The van der Waals surface area contributed by atoms with Crippen LogP contribution in [0, 0.1) is 12.8 Å². The van der Waals surface area contributed by atoms with Crippen molar-refractivity contribution in [2.45, 2.75) is 19.9 Å². The Kier molecular flexibility index (Phi) is 4.67. The van der Waals surface area contributed by atoms with E-state index >= 15 is 0 Å². The maximum Gasteiger partial charge on any atom is 0.258 e. The van der Waals surface area contributed by atoms with Gasteiger partial charge in [-0.05, 0) is 50.1 Å². The van der Waals surface area contributed by atoms with E-state index in [1.54, 1.807) is 16.7 Å². The molecular weight excluding hydrogens is 326 g/mol. The Morgan fingerprint density at radius 3 is 3.00 bits per heavy atom. The van der Waals surface area contributed by atoms with E-state index in [9.17, 15) is 4.79 Å². The molecule has 0 unspecified atom stereocenters. The number of nitrogens with one attached hydrogen (secondary N) is 1. The third kappa shape index (κ3) is 3.75. The Labute approximate surface area is 152 Å². The zero-order valence-electron chi connectivity index (χ0n) is 14.9. The second-order valence-electron chi connectivity index (χ2n) is 6.95. The number of hydrogen-bond acceptors (Lipinski definition) is 5. The van der Waals surface area contributed by atoms with E-state index in [1.165, 1.54) is 0 Å². The molecule has 4 heterocycles. The molecule has 6 nitrogen and oxygen atoms in total. The quantitative estimate of drug-likeness (QED) is 0.766. The molecule has 0 radical (unpaired) electrons. The molecule has 1 aliphatic rings. The molecule has 1 atom stereocenters. The fraction of sp³-hybridized carbons (Fsp3) is 0.350. The summed E-state index contributed by atoms with van der Waals surface area (Å²) in [5.74, 6) is 1.52. The van der Waals surface area contributed by atoms with Crippen LogP contribution in [0.15, 0.2) is 53.5 Å². The van der Waals surface area contributed by atoms with Gasteiger partial charge in [0, 0.05) is 37.6 Å². The smallest absolute Gasteiger partial charge is 0.258 e. The van der Waals surface area contributed by atoms with Gasteiger partial charge >= 0.3 is 0 Å². The second kappa shape index (κ2) is 7.25. The minimum atomic E-state index is -0.0199. The van der Waals surface area contributed by atoms with E-state index in [0.29, 0.717) is 11.6 Å². The van der Waals surface area contributed by atoms with E-state index < -0.39 is 0 Å². The first-order chi connectivity index (χ1) is 12.7. The summed E-state index contributed by atoms with van der Waals surface area (Å²) in [6, 6.07) is 13.3. The van der Waals surface area contributed by atoms with Crippen LogP contribution in [0.25, 0.3) is 5.65 Å². The van der Waals surface area contributed by atoms with Crippen LogP contribution < -0.4 is 10.9 Å². The zero-order chi connectivity index (χ0) is 17.9. The number of nitrogens with zero attached hydrogens (tertiary/aromatic N) is 4. The Balaban J connectivity index is 1.36. The van der Waals surface area contributed by atoms with Crippen molar-refractivity contribution in [3.63, 3.8) is 0 Å². The first-order valence-electron chi connectivity index (χ1n) is 9.04. The predicted molar refractivity (Wildman–Crippen MR) is 102 cm³/mol. The first-order valence-corrected chi connectivity index (χ1v) is 9.04. The predicted octanol–water partition coefficient (Wildman–Crippen LogP) is 2.33. The lowest BCUT2D eigenvalue weighted by Crippen LogP contribution is -2.25. The molecular formula is C20H23N5O. The summed E-state index contributed by atoms with van der Waals surface area (Å²) in [6.45, 7) is 5.68. The summed E-state index contributed by atoms with van der Waals surface area (Å²) in [7, 11) is 0. The monoisotopic (exact) mass is 349 g/mol. The van der Waals surface area contributed by atoms with Crippen LogP contribution in [0.5, 0.6) is 0 Å². The van der Waals surface area contributed by atoms with Gasteiger partial charge in [-0.3, -0.25) is 14.1 Å². The molecule has 1 N–H and O–H groups in total. The van der Waals surface area contributed by atoms with Crippen molar-refractivity contribution in [1.82, 2.24) is 19.3 Å². The third-order valence-corrected chi connectivity index (χ3v) is 4.84. The van der Waals surface area contributed by atoms with Gasteiger partial charge in [-0.2, -0.15) is 0 Å². The van der Waals surface area contributed by atoms with Crippen molar-refractivity contribution in [3.05, 3.63) is 70.4 Å². The highest BCUT2D eigenvalue weighted by Gasteiger charge is 2.23. The summed E-state index contributed by atoms with van der Waals surface area (Å²) in [6.07, 6.45) is 2.90. The summed E-state index contributed by atoms with van der Waals surface area (Å²) < 4.78 is 1.58. The molecule has 0 aliphatic carbocycles. The van der Waals surface area contributed by atoms with Crippen molar-refractivity contribution in [2.24, 2.45) is 5.92 Å². The average molecular weight is 349 g/mol. The van der Waals surface area contributed by atoms with E-state index in [2.05, 4.69) is 20.2 Å². The molecule has 26 heavy (non-hydrogen) atoms. The molecule has 4 rings (SSSR count). The lowest BCUT2D eigenvalue weighted by atomic mass is 10.1. The van der Waals surface area contributed by atoms with Crippen LogP contribution in [0.1, 0.15) is 17.8 Å². The number of likely N-dealkylation sites (tertiary alicyclic amines) is 1. The van der Waals surface area contributed by atoms with Crippen molar-refractivity contribution < 1.29 is 0 Å². The van der Waals surface area contributed by atoms with Crippen LogP contribution in [0.3, 0.4) is 0 Å². The highest BCUT2D eigenvalue weighted by molar-refractivity contribution is 5.38. The van der Waals surface area contributed by atoms with Crippen LogP contribution in [0.2, 0.25) is 0 Å². The van der Waals surface area contributed by atoms with Gasteiger partial charge in [0.15, 0.2) is 0 Å². The number of hydrogen-bond donors (Lipinski definition) is 1.